The maximum absolute atomic E-state index is 13.8. The van der Waals surface area contributed by atoms with Crippen molar-refractivity contribution in [3.05, 3.63) is 89.0 Å². The van der Waals surface area contributed by atoms with Crippen molar-refractivity contribution >= 4 is 23.2 Å². The van der Waals surface area contributed by atoms with Gasteiger partial charge in [-0.2, -0.15) is 0 Å². The Morgan fingerprint density at radius 2 is 1.72 bits per heavy atom. The molecule has 0 unspecified atom stereocenters. The summed E-state index contributed by atoms with van der Waals surface area (Å²) < 4.78 is 32.8. The van der Waals surface area contributed by atoms with Crippen molar-refractivity contribution in [2.24, 2.45) is 0 Å². The van der Waals surface area contributed by atoms with Crippen LogP contribution in [0.2, 0.25) is 5.02 Å². The molecule has 6 heteroatoms. The van der Waals surface area contributed by atoms with Gasteiger partial charge in [0.25, 0.3) is 5.91 Å². The molecule has 1 amide bonds. The highest BCUT2D eigenvalue weighted by Gasteiger charge is 2.16. The van der Waals surface area contributed by atoms with Crippen LogP contribution in [0.3, 0.4) is 0 Å². The third-order valence-electron chi connectivity index (χ3n) is 3.33. The molecule has 0 saturated carbocycles. The Balaban J connectivity index is 1.90. The van der Waals surface area contributed by atoms with Gasteiger partial charge >= 0.3 is 0 Å². The lowest BCUT2D eigenvalue weighted by Gasteiger charge is -2.13. The minimum Gasteiger partial charge on any atom is -0.455 e. The molecule has 0 spiro atoms. The summed E-state index contributed by atoms with van der Waals surface area (Å²) >= 11 is 5.96. The van der Waals surface area contributed by atoms with E-state index in [2.05, 4.69) is 5.32 Å². The lowest BCUT2D eigenvalue weighted by Crippen LogP contribution is -2.14. The molecule has 0 radical (unpaired) electrons. The number of ether oxygens (including phenoxy) is 1. The van der Waals surface area contributed by atoms with Gasteiger partial charge in [-0.3, -0.25) is 4.79 Å². The van der Waals surface area contributed by atoms with Crippen molar-refractivity contribution in [2.45, 2.75) is 0 Å². The zero-order valence-electron chi connectivity index (χ0n) is 12.8. The fourth-order valence-electron chi connectivity index (χ4n) is 2.17. The Bertz CT molecular complexity index is 917. The van der Waals surface area contributed by atoms with Gasteiger partial charge in [0.1, 0.15) is 17.4 Å². The van der Waals surface area contributed by atoms with Gasteiger partial charge in [0.2, 0.25) is 0 Å². The first-order valence-electron chi connectivity index (χ1n) is 7.32. The fraction of sp³-hybridized carbons (Fsp3) is 0. The molecule has 0 atom stereocenters. The Morgan fingerprint density at radius 3 is 2.48 bits per heavy atom. The lowest BCUT2D eigenvalue weighted by atomic mass is 10.2. The van der Waals surface area contributed by atoms with E-state index >= 15 is 0 Å². The summed E-state index contributed by atoms with van der Waals surface area (Å²) in [5, 5.41) is 2.86. The van der Waals surface area contributed by atoms with Gasteiger partial charge in [0, 0.05) is 5.02 Å². The largest absolute Gasteiger partial charge is 0.455 e. The van der Waals surface area contributed by atoms with Crippen molar-refractivity contribution in [3.63, 3.8) is 0 Å². The molecule has 3 aromatic carbocycles. The molecule has 25 heavy (non-hydrogen) atoms. The summed E-state index contributed by atoms with van der Waals surface area (Å²) in [5.74, 6) is -1.47. The number of halogens is 3. The van der Waals surface area contributed by atoms with Gasteiger partial charge in [-0.25, -0.2) is 8.78 Å². The monoisotopic (exact) mass is 359 g/mol. The number of rotatable bonds is 4. The van der Waals surface area contributed by atoms with E-state index in [0.29, 0.717) is 16.5 Å². The molecule has 0 heterocycles. The topological polar surface area (TPSA) is 38.3 Å². The van der Waals surface area contributed by atoms with E-state index in [0.717, 1.165) is 18.2 Å². The predicted octanol–water partition coefficient (Wildman–Crippen LogP) is 5.66. The van der Waals surface area contributed by atoms with Crippen LogP contribution in [0.4, 0.5) is 14.5 Å². The summed E-state index contributed by atoms with van der Waals surface area (Å²) in [6.45, 7) is 0. The van der Waals surface area contributed by atoms with Crippen molar-refractivity contribution in [1.29, 1.82) is 0 Å². The minimum absolute atomic E-state index is 0.241. The molecule has 0 aliphatic heterocycles. The number of nitrogens with one attached hydrogen (secondary N) is 1. The number of carbonyl (C=O) groups is 1. The van der Waals surface area contributed by atoms with E-state index < -0.39 is 23.1 Å². The third kappa shape index (κ3) is 4.14. The minimum atomic E-state index is -0.827. The predicted molar refractivity (Wildman–Crippen MR) is 92.3 cm³/mol. The number of benzene rings is 3. The molecule has 3 rings (SSSR count). The molecule has 0 aliphatic rings. The number of hydrogen-bond acceptors (Lipinski definition) is 2. The van der Waals surface area contributed by atoms with Gasteiger partial charge in [-0.1, -0.05) is 29.8 Å². The van der Waals surface area contributed by atoms with Gasteiger partial charge in [0.05, 0.1) is 11.3 Å². The van der Waals surface area contributed by atoms with Crippen LogP contribution < -0.4 is 10.1 Å². The Kier molecular flexibility index (Phi) is 4.95. The maximum atomic E-state index is 13.8. The summed E-state index contributed by atoms with van der Waals surface area (Å²) in [6.07, 6.45) is 0. The maximum Gasteiger partial charge on any atom is 0.258 e. The number of amides is 1. The zero-order chi connectivity index (χ0) is 17.8. The van der Waals surface area contributed by atoms with Gasteiger partial charge in [0.15, 0.2) is 5.75 Å². The van der Waals surface area contributed by atoms with Crippen molar-refractivity contribution in [1.82, 2.24) is 0 Å². The van der Waals surface area contributed by atoms with Gasteiger partial charge in [-0.05, 0) is 48.5 Å². The first-order chi connectivity index (χ1) is 12.0. The van der Waals surface area contributed by atoms with E-state index in [1.807, 2.05) is 6.07 Å². The standard InChI is InChI=1S/C19H12ClF2NO2/c20-12-6-9-18(25-14-4-2-1-3-5-14)17(10-12)23-19(24)15-11-13(21)7-8-16(15)22/h1-11H,(H,23,24). The highest BCUT2D eigenvalue weighted by atomic mass is 35.5. The second kappa shape index (κ2) is 7.32. The van der Waals surface area contributed by atoms with E-state index in [1.165, 1.54) is 6.07 Å². The van der Waals surface area contributed by atoms with Crippen molar-refractivity contribution < 1.29 is 18.3 Å². The summed E-state index contributed by atoms with van der Waals surface area (Å²) in [7, 11) is 0. The van der Waals surface area contributed by atoms with Gasteiger partial charge < -0.3 is 10.1 Å². The van der Waals surface area contributed by atoms with E-state index in [9.17, 15) is 13.6 Å². The first-order valence-corrected chi connectivity index (χ1v) is 7.69. The van der Waals surface area contributed by atoms with Crippen LogP contribution in [0.15, 0.2) is 66.7 Å². The van der Waals surface area contributed by atoms with Crippen LogP contribution in [-0.2, 0) is 0 Å². The van der Waals surface area contributed by atoms with Crippen molar-refractivity contribution in [3.8, 4) is 11.5 Å². The zero-order valence-corrected chi connectivity index (χ0v) is 13.6. The molecule has 3 aromatic rings. The highest BCUT2D eigenvalue weighted by molar-refractivity contribution is 6.31. The summed E-state index contributed by atoms with van der Waals surface area (Å²) in [6, 6.07) is 16.2. The SMILES string of the molecule is O=C(Nc1cc(Cl)ccc1Oc1ccccc1)c1cc(F)ccc1F. The molecule has 0 bridgehead atoms. The molecule has 3 nitrogen and oxygen atoms in total. The Labute approximate surface area is 147 Å². The number of carbonyl (C=O) groups excluding carboxylic acids is 1. The van der Waals surface area contributed by atoms with Gasteiger partial charge in [-0.15, -0.1) is 0 Å². The van der Waals surface area contributed by atoms with E-state index in [-0.39, 0.29) is 5.69 Å². The molecule has 1 N–H and O–H groups in total. The lowest BCUT2D eigenvalue weighted by molar-refractivity contribution is 0.102. The van der Waals surface area contributed by atoms with E-state index in [1.54, 1.807) is 36.4 Å². The quantitative estimate of drug-likeness (QED) is 0.652. The second-order valence-electron chi connectivity index (χ2n) is 5.13. The molecule has 126 valence electrons. The first kappa shape index (κ1) is 16.9. The number of hydrogen-bond donors (Lipinski definition) is 1. The average Bonchev–Trinajstić information content (AvgIpc) is 2.60. The van der Waals surface area contributed by atoms with Crippen molar-refractivity contribution in [2.75, 3.05) is 5.32 Å². The summed E-state index contributed by atoms with van der Waals surface area (Å²) in [5.41, 5.74) is -0.171. The second-order valence-corrected chi connectivity index (χ2v) is 5.57. The Hall–Kier alpha value is -2.92. The van der Waals surface area contributed by atoms with Crippen LogP contribution >= 0.6 is 11.6 Å². The normalized spacial score (nSPS) is 10.4. The molecule has 0 fully saturated rings. The molecule has 0 aliphatic carbocycles. The number of para-hydroxylation sites is 1. The van der Waals surface area contributed by atoms with Crippen LogP contribution in [0.5, 0.6) is 11.5 Å². The molecule has 0 saturated heterocycles. The fourth-order valence-corrected chi connectivity index (χ4v) is 2.34. The molecular formula is C19H12ClF2NO2. The van der Waals surface area contributed by atoms with Crippen LogP contribution in [0.1, 0.15) is 10.4 Å². The smallest absolute Gasteiger partial charge is 0.258 e. The average molecular weight is 360 g/mol. The third-order valence-corrected chi connectivity index (χ3v) is 3.57. The molecular weight excluding hydrogens is 348 g/mol. The van der Waals surface area contributed by atoms with E-state index in [4.69, 9.17) is 16.3 Å². The summed E-state index contributed by atoms with van der Waals surface area (Å²) in [4.78, 5) is 12.3. The molecule has 0 aromatic heterocycles. The van der Waals surface area contributed by atoms with Crippen LogP contribution in [0.25, 0.3) is 0 Å². The van der Waals surface area contributed by atoms with Crippen LogP contribution in [-0.4, -0.2) is 5.91 Å². The number of anilines is 1. The highest BCUT2D eigenvalue weighted by Crippen LogP contribution is 2.32. The van der Waals surface area contributed by atoms with Crippen LogP contribution in [0, 0.1) is 11.6 Å². The Morgan fingerprint density at radius 1 is 0.960 bits per heavy atom.